The third-order valence-electron chi connectivity index (χ3n) is 5.90. The zero-order valence-electron chi connectivity index (χ0n) is 17.6. The van der Waals surface area contributed by atoms with E-state index in [4.69, 9.17) is 4.98 Å². The van der Waals surface area contributed by atoms with Crippen molar-refractivity contribution in [1.29, 1.82) is 0 Å². The number of H-pyrrole nitrogens is 1. The van der Waals surface area contributed by atoms with Crippen molar-refractivity contribution < 1.29 is 18.1 Å². The fourth-order valence-electron chi connectivity index (χ4n) is 4.20. The van der Waals surface area contributed by atoms with Crippen molar-refractivity contribution >= 4 is 5.69 Å². The number of halogens is 3. The van der Waals surface area contributed by atoms with Crippen molar-refractivity contribution in [2.75, 3.05) is 0 Å². The number of imidazole rings is 1. The van der Waals surface area contributed by atoms with E-state index in [-0.39, 0.29) is 11.1 Å². The Morgan fingerprint density at radius 3 is 2.36 bits per heavy atom. The van der Waals surface area contributed by atoms with Gasteiger partial charge in [0.2, 0.25) is 0 Å². The van der Waals surface area contributed by atoms with Crippen LogP contribution in [0.4, 0.5) is 18.9 Å². The lowest BCUT2D eigenvalue weighted by Gasteiger charge is -2.29. The minimum Gasteiger partial charge on any atom is -0.341 e. The third kappa shape index (κ3) is 3.47. The van der Waals surface area contributed by atoms with E-state index in [1.54, 1.807) is 23.0 Å². The second-order valence-corrected chi connectivity index (χ2v) is 8.64. The number of hydrogen-bond acceptors (Lipinski definition) is 4. The molecule has 0 radical (unpaired) electrons. The van der Waals surface area contributed by atoms with Gasteiger partial charge in [0.25, 0.3) is 5.69 Å². The molecule has 0 bridgehead atoms. The summed E-state index contributed by atoms with van der Waals surface area (Å²) in [6.07, 6.45) is -2.14. The number of rotatable bonds is 3. The lowest BCUT2D eigenvalue weighted by atomic mass is 9.77. The minimum atomic E-state index is -4.40. The van der Waals surface area contributed by atoms with E-state index in [1.165, 1.54) is 24.3 Å². The maximum atomic E-state index is 12.9. The monoisotopic (exact) mass is 453 g/mol. The number of nitro groups is 1. The number of aromatic amines is 1. The van der Waals surface area contributed by atoms with Gasteiger partial charge in [0, 0.05) is 40.8 Å². The summed E-state index contributed by atoms with van der Waals surface area (Å²) in [5.74, 6) is 0.582. The Kier molecular flexibility index (Phi) is 4.45. The second-order valence-electron chi connectivity index (χ2n) is 8.64. The molecule has 2 heterocycles. The Hall–Kier alpha value is -3.95. The van der Waals surface area contributed by atoms with Gasteiger partial charge in [-0.2, -0.15) is 18.3 Å². The zero-order valence-corrected chi connectivity index (χ0v) is 17.6. The van der Waals surface area contributed by atoms with E-state index in [2.05, 4.69) is 23.9 Å². The van der Waals surface area contributed by atoms with Crippen LogP contribution >= 0.6 is 0 Å². The van der Waals surface area contributed by atoms with Crippen LogP contribution < -0.4 is 0 Å². The van der Waals surface area contributed by atoms with Crippen molar-refractivity contribution in [2.45, 2.75) is 31.9 Å². The van der Waals surface area contributed by atoms with Crippen molar-refractivity contribution in [1.82, 2.24) is 19.7 Å². The molecule has 1 aliphatic carbocycles. The van der Waals surface area contributed by atoms with Crippen molar-refractivity contribution in [3.05, 3.63) is 81.8 Å². The van der Waals surface area contributed by atoms with Crippen LogP contribution in [0.3, 0.4) is 0 Å². The molecule has 2 aromatic heterocycles. The number of fused-ring (bicyclic) bond motifs is 3. The summed E-state index contributed by atoms with van der Waals surface area (Å²) >= 11 is 0. The molecule has 0 atom stereocenters. The van der Waals surface area contributed by atoms with E-state index in [0.29, 0.717) is 29.2 Å². The van der Waals surface area contributed by atoms with Gasteiger partial charge in [-0.05, 0) is 36.4 Å². The summed E-state index contributed by atoms with van der Waals surface area (Å²) in [4.78, 5) is 18.6. The number of aromatic nitrogens is 4. The first-order valence-electron chi connectivity index (χ1n) is 10.1. The Morgan fingerprint density at radius 1 is 1.09 bits per heavy atom. The number of hydrogen-bond donors (Lipinski definition) is 1. The fourth-order valence-corrected chi connectivity index (χ4v) is 4.20. The highest BCUT2D eigenvalue weighted by molar-refractivity contribution is 5.73. The molecule has 0 aliphatic heterocycles. The predicted octanol–water partition coefficient (Wildman–Crippen LogP) is 5.69. The molecule has 0 saturated carbocycles. The van der Waals surface area contributed by atoms with Gasteiger partial charge >= 0.3 is 6.18 Å². The first kappa shape index (κ1) is 20.9. The van der Waals surface area contributed by atoms with Gasteiger partial charge in [-0.15, -0.1) is 0 Å². The van der Waals surface area contributed by atoms with Gasteiger partial charge in [-0.3, -0.25) is 10.1 Å². The fraction of sp³-hybridized carbons (Fsp3) is 0.217. The van der Waals surface area contributed by atoms with Crippen molar-refractivity contribution in [3.8, 4) is 28.3 Å². The topological polar surface area (TPSA) is 89.6 Å². The van der Waals surface area contributed by atoms with Crippen LogP contribution in [0.1, 0.15) is 30.8 Å². The van der Waals surface area contributed by atoms with Crippen molar-refractivity contribution in [2.24, 2.45) is 0 Å². The molecule has 0 spiro atoms. The average Bonchev–Trinajstić information content (AvgIpc) is 3.38. The Bertz CT molecular complexity index is 1370. The summed E-state index contributed by atoms with van der Waals surface area (Å²) in [6, 6.07) is 11.0. The summed E-state index contributed by atoms with van der Waals surface area (Å²) in [5, 5.41) is 15.4. The zero-order chi connectivity index (χ0) is 23.5. The van der Waals surface area contributed by atoms with Gasteiger partial charge in [-0.25, -0.2) is 9.67 Å². The molecule has 0 unspecified atom stereocenters. The molecule has 0 saturated heterocycles. The highest BCUT2D eigenvalue weighted by Gasteiger charge is 2.37. The molecule has 0 fully saturated rings. The quantitative estimate of drug-likeness (QED) is 0.319. The average molecular weight is 453 g/mol. The standard InChI is InChI=1S/C23H18F3N5O2/c1-22(2)11-18-17(12-27-30(18)15-9-5-14(6-10-15)23(24,25)26)19-20(22)29-21(28-19)13-3-7-16(8-4-13)31(32)33/h3-10,12H,11H2,1-2H3,(H,28,29). The van der Waals surface area contributed by atoms with E-state index >= 15 is 0 Å². The van der Waals surface area contributed by atoms with Gasteiger partial charge in [0.05, 0.1) is 33.8 Å². The molecule has 0 amide bonds. The molecular weight excluding hydrogens is 435 g/mol. The molecule has 10 heteroatoms. The van der Waals surface area contributed by atoms with Gasteiger partial charge in [0.1, 0.15) is 5.82 Å². The van der Waals surface area contributed by atoms with E-state index in [9.17, 15) is 23.3 Å². The largest absolute Gasteiger partial charge is 0.416 e. The lowest BCUT2D eigenvalue weighted by Crippen LogP contribution is -2.27. The summed E-state index contributed by atoms with van der Waals surface area (Å²) in [5.41, 5.74) is 3.46. The van der Waals surface area contributed by atoms with Gasteiger partial charge in [-0.1, -0.05) is 13.8 Å². The molecule has 1 N–H and O–H groups in total. The second kappa shape index (κ2) is 7.03. The van der Waals surface area contributed by atoms with Crippen LogP contribution in [-0.2, 0) is 18.0 Å². The highest BCUT2D eigenvalue weighted by atomic mass is 19.4. The number of nitrogens with one attached hydrogen (secondary N) is 1. The van der Waals surface area contributed by atoms with Crippen LogP contribution in [-0.4, -0.2) is 24.7 Å². The van der Waals surface area contributed by atoms with Crippen LogP contribution in [0.2, 0.25) is 0 Å². The van der Waals surface area contributed by atoms with Gasteiger partial charge in [0.15, 0.2) is 0 Å². The van der Waals surface area contributed by atoms with E-state index in [1.807, 2.05) is 0 Å². The Labute approximate surface area is 186 Å². The van der Waals surface area contributed by atoms with Gasteiger partial charge < -0.3 is 4.98 Å². The predicted molar refractivity (Wildman–Crippen MR) is 115 cm³/mol. The molecule has 168 valence electrons. The van der Waals surface area contributed by atoms with Crippen molar-refractivity contribution in [3.63, 3.8) is 0 Å². The molecule has 1 aliphatic rings. The summed E-state index contributed by atoms with van der Waals surface area (Å²) in [7, 11) is 0. The summed E-state index contributed by atoms with van der Waals surface area (Å²) in [6.45, 7) is 4.10. The molecule has 33 heavy (non-hydrogen) atoms. The molecule has 2 aromatic carbocycles. The molecule has 5 rings (SSSR count). The minimum absolute atomic E-state index is 0.00416. The van der Waals surface area contributed by atoms with Crippen LogP contribution in [0, 0.1) is 10.1 Å². The van der Waals surface area contributed by atoms with Crippen LogP contribution in [0.5, 0.6) is 0 Å². The smallest absolute Gasteiger partial charge is 0.341 e. The number of nitrogens with zero attached hydrogens (tertiary/aromatic N) is 4. The molecular formula is C23H18F3N5O2. The maximum Gasteiger partial charge on any atom is 0.416 e. The Morgan fingerprint density at radius 2 is 1.76 bits per heavy atom. The SMILES string of the molecule is CC1(C)Cc2c(cnn2-c2ccc(C(F)(F)F)cc2)-c2nc(-c3ccc([N+](=O)[O-])cc3)[nH]c21. The number of nitro benzene ring substituents is 1. The first-order chi connectivity index (χ1) is 15.5. The van der Waals surface area contributed by atoms with Crippen LogP contribution in [0.25, 0.3) is 28.3 Å². The maximum absolute atomic E-state index is 12.9. The normalized spacial score (nSPS) is 14.6. The lowest BCUT2D eigenvalue weighted by molar-refractivity contribution is -0.384. The molecule has 7 nitrogen and oxygen atoms in total. The van der Waals surface area contributed by atoms with Crippen LogP contribution in [0.15, 0.2) is 54.7 Å². The Balaban J connectivity index is 1.57. The number of non-ortho nitro benzene ring substituents is 1. The van der Waals surface area contributed by atoms with E-state index < -0.39 is 16.7 Å². The highest BCUT2D eigenvalue weighted by Crippen LogP contribution is 2.43. The first-order valence-corrected chi connectivity index (χ1v) is 10.1. The third-order valence-corrected chi connectivity index (χ3v) is 5.90. The number of alkyl halides is 3. The van der Waals surface area contributed by atoms with E-state index in [0.717, 1.165) is 29.1 Å². The number of benzene rings is 2. The summed E-state index contributed by atoms with van der Waals surface area (Å²) < 4.78 is 40.5. The molecule has 4 aromatic rings.